The Morgan fingerprint density at radius 2 is 1.95 bits per heavy atom. The number of hydrogen-bond acceptors (Lipinski definition) is 3. The van der Waals surface area contributed by atoms with Gasteiger partial charge in [0.2, 0.25) is 0 Å². The average Bonchev–Trinajstić information content (AvgIpc) is 2.53. The van der Waals surface area contributed by atoms with E-state index in [2.05, 4.69) is 55.4 Å². The first-order valence-electron chi connectivity index (χ1n) is 8.04. The summed E-state index contributed by atoms with van der Waals surface area (Å²) < 4.78 is 0. The van der Waals surface area contributed by atoms with Gasteiger partial charge in [-0.1, -0.05) is 44.2 Å². The minimum absolute atomic E-state index is 0.248. The van der Waals surface area contributed by atoms with Crippen LogP contribution in [-0.2, 0) is 11.3 Å². The SMILES string of the molecule is CCC(C)(CCN(C)Cc1ccccc1)C(=O)/C(C)=C/NC. The van der Waals surface area contributed by atoms with Crippen LogP contribution in [0.2, 0.25) is 0 Å². The molecule has 0 aliphatic rings. The molecule has 1 atom stereocenters. The molecule has 0 saturated carbocycles. The van der Waals surface area contributed by atoms with Crippen LogP contribution in [0.15, 0.2) is 42.1 Å². The first-order valence-corrected chi connectivity index (χ1v) is 8.04. The van der Waals surface area contributed by atoms with Crippen LogP contribution in [0.1, 0.15) is 39.2 Å². The van der Waals surface area contributed by atoms with Gasteiger partial charge in [-0.25, -0.2) is 0 Å². The number of nitrogens with one attached hydrogen (secondary N) is 1. The number of hydrogen-bond donors (Lipinski definition) is 1. The molecule has 22 heavy (non-hydrogen) atoms. The van der Waals surface area contributed by atoms with E-state index < -0.39 is 0 Å². The zero-order chi connectivity index (χ0) is 16.6. The number of benzene rings is 1. The van der Waals surface area contributed by atoms with Gasteiger partial charge < -0.3 is 10.2 Å². The molecule has 3 heteroatoms. The summed E-state index contributed by atoms with van der Waals surface area (Å²) in [5.41, 5.74) is 1.82. The van der Waals surface area contributed by atoms with Gasteiger partial charge in [0.1, 0.15) is 0 Å². The number of carbonyl (C=O) groups is 1. The quantitative estimate of drug-likeness (QED) is 0.707. The first kappa shape index (κ1) is 18.4. The van der Waals surface area contributed by atoms with Crippen LogP contribution in [0.3, 0.4) is 0 Å². The van der Waals surface area contributed by atoms with Crippen molar-refractivity contribution in [3.05, 3.63) is 47.7 Å². The van der Waals surface area contributed by atoms with Gasteiger partial charge in [0, 0.05) is 30.8 Å². The lowest BCUT2D eigenvalue weighted by Crippen LogP contribution is -2.33. The highest BCUT2D eigenvalue weighted by molar-refractivity contribution is 5.99. The highest BCUT2D eigenvalue weighted by Gasteiger charge is 2.31. The molecular formula is C19H30N2O. The first-order chi connectivity index (χ1) is 10.4. The van der Waals surface area contributed by atoms with Gasteiger partial charge in [-0.05, 0) is 38.9 Å². The molecule has 0 spiro atoms. The second-order valence-electron chi connectivity index (χ2n) is 6.33. The Balaban J connectivity index is 2.62. The van der Waals surface area contributed by atoms with E-state index in [9.17, 15) is 4.79 Å². The molecule has 0 bridgehead atoms. The molecule has 0 aliphatic heterocycles. The second kappa shape index (κ2) is 8.74. The zero-order valence-electron chi connectivity index (χ0n) is 14.6. The number of carbonyl (C=O) groups excluding carboxylic acids is 1. The van der Waals surface area contributed by atoms with Gasteiger partial charge in [-0.3, -0.25) is 4.79 Å². The summed E-state index contributed by atoms with van der Waals surface area (Å²) in [6.45, 7) is 7.90. The van der Waals surface area contributed by atoms with Gasteiger partial charge in [0.15, 0.2) is 5.78 Å². The summed E-state index contributed by atoms with van der Waals surface area (Å²) in [7, 11) is 3.94. The Hall–Kier alpha value is -1.61. The Labute approximate surface area is 135 Å². The Kier molecular flexibility index (Phi) is 7.33. The number of ketones is 1. The molecule has 0 heterocycles. The third kappa shape index (κ3) is 5.30. The minimum Gasteiger partial charge on any atom is -0.394 e. The predicted octanol–water partition coefficient (Wildman–Crippen LogP) is 3.62. The van der Waals surface area contributed by atoms with Crippen LogP contribution in [-0.4, -0.2) is 31.3 Å². The summed E-state index contributed by atoms with van der Waals surface area (Å²) in [6, 6.07) is 10.4. The van der Waals surface area contributed by atoms with Crippen LogP contribution in [0.5, 0.6) is 0 Å². The lowest BCUT2D eigenvalue weighted by molar-refractivity contribution is -0.124. The third-order valence-electron chi connectivity index (χ3n) is 4.39. The van der Waals surface area contributed by atoms with Crippen molar-refractivity contribution in [1.29, 1.82) is 0 Å². The maximum absolute atomic E-state index is 12.6. The number of nitrogens with zero attached hydrogens (tertiary/aromatic N) is 1. The molecule has 122 valence electrons. The van der Waals surface area contributed by atoms with Gasteiger partial charge in [0.25, 0.3) is 0 Å². The van der Waals surface area contributed by atoms with Crippen molar-refractivity contribution in [3.63, 3.8) is 0 Å². The molecule has 1 aromatic rings. The molecule has 1 N–H and O–H groups in total. The van der Waals surface area contributed by atoms with Crippen LogP contribution in [0.25, 0.3) is 0 Å². The van der Waals surface area contributed by atoms with E-state index in [0.717, 1.165) is 31.5 Å². The smallest absolute Gasteiger partial charge is 0.165 e. The maximum atomic E-state index is 12.6. The highest BCUT2D eigenvalue weighted by atomic mass is 16.1. The van der Waals surface area contributed by atoms with Crippen molar-refractivity contribution in [2.45, 2.75) is 40.2 Å². The van der Waals surface area contributed by atoms with E-state index in [1.165, 1.54) is 5.56 Å². The Bertz CT molecular complexity index is 495. The third-order valence-corrected chi connectivity index (χ3v) is 4.39. The van der Waals surface area contributed by atoms with Crippen molar-refractivity contribution in [2.75, 3.05) is 20.6 Å². The average molecular weight is 302 g/mol. The summed E-state index contributed by atoms with van der Waals surface area (Å²) in [4.78, 5) is 14.9. The second-order valence-corrected chi connectivity index (χ2v) is 6.33. The Morgan fingerprint density at radius 1 is 1.32 bits per heavy atom. The fraction of sp³-hybridized carbons (Fsp3) is 0.526. The Morgan fingerprint density at radius 3 is 2.50 bits per heavy atom. The molecule has 0 aromatic heterocycles. The van der Waals surface area contributed by atoms with Crippen molar-refractivity contribution in [2.24, 2.45) is 5.41 Å². The molecule has 1 rings (SSSR count). The van der Waals surface area contributed by atoms with Crippen molar-refractivity contribution in [1.82, 2.24) is 10.2 Å². The molecule has 0 fully saturated rings. The largest absolute Gasteiger partial charge is 0.394 e. The van der Waals surface area contributed by atoms with Crippen LogP contribution in [0, 0.1) is 5.41 Å². The van der Waals surface area contributed by atoms with Gasteiger partial charge in [-0.2, -0.15) is 0 Å². The van der Waals surface area contributed by atoms with Crippen LogP contribution >= 0.6 is 0 Å². The van der Waals surface area contributed by atoms with E-state index in [0.29, 0.717) is 0 Å². The predicted molar refractivity (Wildman–Crippen MR) is 93.6 cm³/mol. The standard InChI is InChI=1S/C19H30N2O/c1-6-19(3,18(22)16(2)14-20-4)12-13-21(5)15-17-10-8-7-9-11-17/h7-11,14,20H,6,12-13,15H2,1-5H3/b16-14+. The lowest BCUT2D eigenvalue weighted by atomic mass is 9.77. The summed E-state index contributed by atoms with van der Waals surface area (Å²) in [5, 5.41) is 2.95. The van der Waals surface area contributed by atoms with Crippen molar-refractivity contribution in [3.8, 4) is 0 Å². The zero-order valence-corrected chi connectivity index (χ0v) is 14.6. The van der Waals surface area contributed by atoms with E-state index in [4.69, 9.17) is 0 Å². The lowest BCUT2D eigenvalue weighted by Gasteiger charge is -2.29. The summed E-state index contributed by atoms with van der Waals surface area (Å²) in [5.74, 6) is 0.248. The van der Waals surface area contributed by atoms with E-state index in [1.807, 2.05) is 20.0 Å². The number of Topliss-reactive ketones (excluding diaryl/α,β-unsaturated/α-hetero) is 1. The normalized spacial score (nSPS) is 14.7. The molecule has 0 radical (unpaired) electrons. The fourth-order valence-electron chi connectivity index (χ4n) is 2.62. The fourth-order valence-corrected chi connectivity index (χ4v) is 2.62. The summed E-state index contributed by atoms with van der Waals surface area (Å²) >= 11 is 0. The maximum Gasteiger partial charge on any atom is 0.165 e. The summed E-state index contributed by atoms with van der Waals surface area (Å²) in [6.07, 6.45) is 3.53. The highest BCUT2D eigenvalue weighted by Crippen LogP contribution is 2.30. The molecule has 1 aromatic carbocycles. The van der Waals surface area contributed by atoms with Gasteiger partial charge in [-0.15, -0.1) is 0 Å². The topological polar surface area (TPSA) is 32.3 Å². The van der Waals surface area contributed by atoms with E-state index in [-0.39, 0.29) is 11.2 Å². The van der Waals surface area contributed by atoms with Crippen molar-refractivity contribution >= 4 is 5.78 Å². The molecule has 1 unspecified atom stereocenters. The molecule has 0 amide bonds. The monoisotopic (exact) mass is 302 g/mol. The molecule has 0 saturated heterocycles. The van der Waals surface area contributed by atoms with Gasteiger partial charge >= 0.3 is 0 Å². The van der Waals surface area contributed by atoms with Gasteiger partial charge in [0.05, 0.1) is 0 Å². The molecule has 0 aliphatic carbocycles. The number of allylic oxidation sites excluding steroid dienone is 1. The minimum atomic E-state index is -0.289. The number of rotatable bonds is 9. The van der Waals surface area contributed by atoms with E-state index in [1.54, 1.807) is 6.20 Å². The van der Waals surface area contributed by atoms with Crippen LogP contribution < -0.4 is 5.32 Å². The van der Waals surface area contributed by atoms with Crippen LogP contribution in [0.4, 0.5) is 0 Å². The molecular weight excluding hydrogens is 272 g/mol. The van der Waals surface area contributed by atoms with E-state index >= 15 is 0 Å². The molecule has 3 nitrogen and oxygen atoms in total. The van der Waals surface area contributed by atoms with Crippen molar-refractivity contribution < 1.29 is 4.79 Å².